The van der Waals surface area contributed by atoms with E-state index in [0.29, 0.717) is 24.4 Å². The van der Waals surface area contributed by atoms with Crippen molar-refractivity contribution in [1.82, 2.24) is 14.8 Å². The Bertz CT molecular complexity index is 1220. The predicted octanol–water partition coefficient (Wildman–Crippen LogP) is 3.54. The van der Waals surface area contributed by atoms with E-state index in [1.54, 1.807) is 16.7 Å². The van der Waals surface area contributed by atoms with Gasteiger partial charge in [-0.3, -0.25) is 4.57 Å². The number of sulfone groups is 1. The molecule has 0 bridgehead atoms. The number of hydrogen-bond acceptors (Lipinski definition) is 5. The minimum atomic E-state index is -3.72. The van der Waals surface area contributed by atoms with Crippen molar-refractivity contribution in [3.05, 3.63) is 114 Å². The predicted molar refractivity (Wildman–Crippen MR) is 120 cm³/mol. The minimum absolute atomic E-state index is 0.0567. The van der Waals surface area contributed by atoms with Crippen molar-refractivity contribution in [3.63, 3.8) is 0 Å². The molecule has 1 heterocycles. The molecule has 158 valence electrons. The molecule has 0 radical (unpaired) electrons. The van der Waals surface area contributed by atoms with Gasteiger partial charge in [0.1, 0.15) is 0 Å². The fraction of sp³-hybridized carbons (Fsp3) is 0.167. The fourth-order valence-electron chi connectivity index (χ4n) is 3.54. The molecular weight excluding hydrogens is 408 g/mol. The van der Waals surface area contributed by atoms with Gasteiger partial charge >= 0.3 is 0 Å². The third-order valence-corrected chi connectivity index (χ3v) is 6.61. The van der Waals surface area contributed by atoms with Crippen LogP contribution in [-0.4, -0.2) is 23.2 Å². The lowest BCUT2D eigenvalue weighted by atomic mass is 10.1. The Labute approximate surface area is 182 Å². The van der Waals surface area contributed by atoms with Crippen LogP contribution in [0.2, 0.25) is 0 Å². The molecule has 7 heteroatoms. The highest BCUT2D eigenvalue weighted by molar-refractivity contribution is 7.90. The first-order valence-corrected chi connectivity index (χ1v) is 11.7. The number of hydrogen-bond donors (Lipinski definition) is 1. The van der Waals surface area contributed by atoms with Gasteiger partial charge in [0.15, 0.2) is 5.82 Å². The van der Waals surface area contributed by atoms with E-state index in [0.717, 1.165) is 11.1 Å². The zero-order valence-corrected chi connectivity index (χ0v) is 17.8. The zero-order valence-electron chi connectivity index (χ0n) is 17.0. The van der Waals surface area contributed by atoms with Gasteiger partial charge in [-0.2, -0.15) is 0 Å². The van der Waals surface area contributed by atoms with Crippen LogP contribution >= 0.6 is 0 Å². The molecular formula is C24H24N4O2S. The maximum Gasteiger partial charge on any atom is 0.250 e. The molecule has 0 aliphatic carbocycles. The summed E-state index contributed by atoms with van der Waals surface area (Å²) in [6.07, 6.45) is 0.534. The Morgan fingerprint density at radius 3 is 1.84 bits per heavy atom. The van der Waals surface area contributed by atoms with Crippen LogP contribution in [0.4, 0.5) is 0 Å². The summed E-state index contributed by atoms with van der Waals surface area (Å²) in [4.78, 5) is 0. The second-order valence-corrected chi connectivity index (χ2v) is 9.34. The maximum absolute atomic E-state index is 13.2. The Kier molecular flexibility index (Phi) is 6.25. The molecule has 0 spiro atoms. The molecule has 4 rings (SSSR count). The highest BCUT2D eigenvalue weighted by Gasteiger charge is 2.27. The Morgan fingerprint density at radius 1 is 0.742 bits per heavy atom. The molecule has 1 aromatic heterocycles. The van der Waals surface area contributed by atoms with E-state index in [1.165, 1.54) is 0 Å². The summed E-state index contributed by atoms with van der Waals surface area (Å²) >= 11 is 0. The molecule has 0 aliphatic heterocycles. The van der Waals surface area contributed by atoms with Gasteiger partial charge in [0.25, 0.3) is 0 Å². The topological polar surface area (TPSA) is 90.9 Å². The molecule has 0 unspecified atom stereocenters. The van der Waals surface area contributed by atoms with Gasteiger partial charge < -0.3 is 5.73 Å². The molecule has 31 heavy (non-hydrogen) atoms. The first-order chi connectivity index (χ1) is 15.0. The second-order valence-electron chi connectivity index (χ2n) is 7.45. The molecule has 0 saturated carbocycles. The van der Waals surface area contributed by atoms with Crippen LogP contribution in [0.25, 0.3) is 0 Å². The van der Waals surface area contributed by atoms with Gasteiger partial charge in [-0.15, -0.1) is 10.2 Å². The van der Waals surface area contributed by atoms with E-state index >= 15 is 0 Å². The minimum Gasteiger partial charge on any atom is -0.321 e. The summed E-state index contributed by atoms with van der Waals surface area (Å²) < 4.78 is 28.1. The van der Waals surface area contributed by atoms with Gasteiger partial charge in [0.05, 0.1) is 18.3 Å². The third kappa shape index (κ3) is 5.07. The number of nitrogens with two attached hydrogens (primary N) is 1. The monoisotopic (exact) mass is 432 g/mol. The van der Waals surface area contributed by atoms with Crippen molar-refractivity contribution in [2.24, 2.45) is 5.73 Å². The summed E-state index contributed by atoms with van der Waals surface area (Å²) in [5.74, 6) is 0.314. The van der Waals surface area contributed by atoms with Crippen molar-refractivity contribution >= 4 is 9.84 Å². The molecule has 1 atom stereocenters. The van der Waals surface area contributed by atoms with Gasteiger partial charge in [-0.25, -0.2) is 8.42 Å². The van der Waals surface area contributed by atoms with Crippen molar-refractivity contribution < 1.29 is 8.42 Å². The van der Waals surface area contributed by atoms with E-state index in [-0.39, 0.29) is 10.9 Å². The van der Waals surface area contributed by atoms with Crippen LogP contribution in [0.1, 0.15) is 28.6 Å². The van der Waals surface area contributed by atoms with Crippen molar-refractivity contribution in [2.75, 3.05) is 0 Å². The number of aromatic nitrogens is 3. The Hall–Kier alpha value is -3.29. The fourth-order valence-corrected chi connectivity index (χ4v) is 4.96. The van der Waals surface area contributed by atoms with Crippen molar-refractivity contribution in [3.8, 4) is 0 Å². The highest BCUT2D eigenvalue weighted by Crippen LogP contribution is 2.22. The SMILES string of the molecule is N[C@@H](Cc1ccccc1)c1nnc(S(=O)(=O)Cc2ccccc2)n1Cc1ccccc1. The number of rotatable bonds is 8. The van der Waals surface area contributed by atoms with E-state index in [1.807, 2.05) is 78.9 Å². The van der Waals surface area contributed by atoms with Crippen LogP contribution in [0.3, 0.4) is 0 Å². The summed E-state index contributed by atoms with van der Waals surface area (Å²) in [6, 6.07) is 28.1. The molecule has 4 aromatic rings. The molecule has 0 aliphatic rings. The first-order valence-electron chi connectivity index (χ1n) is 10.1. The van der Waals surface area contributed by atoms with Gasteiger partial charge in [-0.05, 0) is 23.1 Å². The summed E-state index contributed by atoms with van der Waals surface area (Å²) in [5, 5.41) is 8.26. The zero-order chi connectivity index (χ0) is 21.7. The largest absolute Gasteiger partial charge is 0.321 e. The second kappa shape index (κ2) is 9.24. The Balaban J connectivity index is 1.71. The summed E-state index contributed by atoms with van der Waals surface area (Å²) in [6.45, 7) is 0.328. The van der Waals surface area contributed by atoms with Crippen molar-refractivity contribution in [1.29, 1.82) is 0 Å². The van der Waals surface area contributed by atoms with Crippen LogP contribution in [-0.2, 0) is 28.6 Å². The standard InChI is InChI=1S/C24H24N4O2S/c25-22(16-19-10-4-1-5-11-19)23-26-27-24(28(23)17-20-12-6-2-7-13-20)31(29,30)18-21-14-8-3-9-15-21/h1-15,22H,16-18,25H2/t22-/m0/s1. The molecule has 6 nitrogen and oxygen atoms in total. The molecule has 3 aromatic carbocycles. The number of benzene rings is 3. The Morgan fingerprint density at radius 2 is 1.26 bits per heavy atom. The third-order valence-electron chi connectivity index (χ3n) is 5.04. The van der Waals surface area contributed by atoms with Gasteiger partial charge in [0.2, 0.25) is 15.0 Å². The molecule has 0 amide bonds. The van der Waals surface area contributed by atoms with E-state index < -0.39 is 15.9 Å². The summed E-state index contributed by atoms with van der Waals surface area (Å²) in [7, 11) is -3.72. The lowest BCUT2D eigenvalue weighted by Crippen LogP contribution is -2.22. The van der Waals surface area contributed by atoms with Crippen LogP contribution < -0.4 is 5.73 Å². The van der Waals surface area contributed by atoms with Crippen molar-refractivity contribution in [2.45, 2.75) is 29.9 Å². The quantitative estimate of drug-likeness (QED) is 0.460. The molecule has 0 fully saturated rings. The van der Waals surface area contributed by atoms with Crippen LogP contribution in [0, 0.1) is 0 Å². The van der Waals surface area contributed by atoms with E-state index in [9.17, 15) is 8.42 Å². The van der Waals surface area contributed by atoms with E-state index in [4.69, 9.17) is 5.73 Å². The molecule has 2 N–H and O–H groups in total. The average Bonchev–Trinajstić information content (AvgIpc) is 3.20. The lowest BCUT2D eigenvalue weighted by molar-refractivity contribution is 0.553. The molecule has 0 saturated heterocycles. The van der Waals surface area contributed by atoms with Gasteiger partial charge in [-0.1, -0.05) is 91.0 Å². The average molecular weight is 433 g/mol. The maximum atomic E-state index is 13.2. The van der Waals surface area contributed by atoms with Crippen LogP contribution in [0.15, 0.2) is 96.2 Å². The smallest absolute Gasteiger partial charge is 0.250 e. The summed E-state index contributed by atoms with van der Waals surface area (Å²) in [5.41, 5.74) is 9.18. The lowest BCUT2D eigenvalue weighted by Gasteiger charge is -2.15. The van der Waals surface area contributed by atoms with Gasteiger partial charge in [0, 0.05) is 0 Å². The highest BCUT2D eigenvalue weighted by atomic mass is 32.2. The first kappa shape index (κ1) is 21.0. The number of nitrogens with zero attached hydrogens (tertiary/aromatic N) is 3. The van der Waals surface area contributed by atoms with E-state index in [2.05, 4.69) is 10.2 Å². The van der Waals surface area contributed by atoms with Crippen LogP contribution in [0.5, 0.6) is 0 Å². The normalized spacial score (nSPS) is 12.5.